The fraction of sp³-hybridized carbons (Fsp3) is 0.118. The van der Waals surface area contributed by atoms with Crippen LogP contribution in [0, 0.1) is 11.6 Å². The zero-order chi connectivity index (χ0) is 29.2. The standard InChI is InChI=1S/C34H26F2N2O4/c35-21-16-17-26(36)25(19-21)29(30-32(39)24-12-5-7-15-28(24)42-34(30)41)31-23(22-11-4-6-14-27(22)38-31)13-8-18-37-33(40)20-9-2-1-3-10-20/h1-7,9-12,14-17,19,29,38-39H,8,13,18H2,(H,37,40). The first-order valence-electron chi connectivity index (χ1n) is 13.5. The third kappa shape index (κ3) is 5.03. The van der Waals surface area contributed by atoms with E-state index >= 15 is 4.39 Å². The van der Waals surface area contributed by atoms with Gasteiger partial charge in [0.1, 0.15) is 23.0 Å². The van der Waals surface area contributed by atoms with Gasteiger partial charge in [0.05, 0.1) is 16.9 Å². The Balaban J connectivity index is 1.47. The maximum absolute atomic E-state index is 15.5. The van der Waals surface area contributed by atoms with Crippen LogP contribution in [0.4, 0.5) is 8.78 Å². The van der Waals surface area contributed by atoms with Crippen LogP contribution >= 0.6 is 0 Å². The molecule has 0 aliphatic rings. The zero-order valence-electron chi connectivity index (χ0n) is 22.4. The lowest BCUT2D eigenvalue weighted by Gasteiger charge is -2.20. The smallest absolute Gasteiger partial charge is 0.344 e. The Morgan fingerprint density at radius 2 is 1.62 bits per heavy atom. The number of aromatic hydroxyl groups is 1. The second kappa shape index (κ2) is 11.3. The number of aryl methyl sites for hydroxylation is 1. The van der Waals surface area contributed by atoms with Crippen LogP contribution in [-0.2, 0) is 6.42 Å². The number of fused-ring (bicyclic) bond motifs is 2. The molecule has 6 nitrogen and oxygen atoms in total. The van der Waals surface area contributed by atoms with E-state index in [9.17, 15) is 19.1 Å². The number of para-hydroxylation sites is 2. The first-order valence-corrected chi connectivity index (χ1v) is 13.5. The fourth-order valence-electron chi connectivity index (χ4n) is 5.49. The van der Waals surface area contributed by atoms with Crippen molar-refractivity contribution in [2.75, 3.05) is 6.54 Å². The lowest BCUT2D eigenvalue weighted by molar-refractivity contribution is 0.0953. The van der Waals surface area contributed by atoms with Crippen molar-refractivity contribution in [3.63, 3.8) is 0 Å². The second-order valence-corrected chi connectivity index (χ2v) is 10.0. The van der Waals surface area contributed by atoms with E-state index in [-0.39, 0.29) is 33.8 Å². The maximum atomic E-state index is 15.5. The summed E-state index contributed by atoms with van der Waals surface area (Å²) >= 11 is 0. The van der Waals surface area contributed by atoms with Gasteiger partial charge in [-0.05, 0) is 66.9 Å². The average Bonchev–Trinajstić information content (AvgIpc) is 3.37. The van der Waals surface area contributed by atoms with E-state index < -0.39 is 23.2 Å². The molecule has 0 radical (unpaired) electrons. The van der Waals surface area contributed by atoms with Crippen LogP contribution in [-0.4, -0.2) is 22.5 Å². The normalized spacial score (nSPS) is 12.0. The molecule has 6 rings (SSSR count). The molecule has 8 heteroatoms. The van der Waals surface area contributed by atoms with Crippen molar-refractivity contribution in [1.29, 1.82) is 0 Å². The van der Waals surface area contributed by atoms with Crippen molar-refractivity contribution in [2.45, 2.75) is 18.8 Å². The van der Waals surface area contributed by atoms with Crippen LogP contribution in [0.15, 0.2) is 106 Å². The SMILES string of the molecule is O=C(NCCCc1c(C(c2cc(F)ccc2F)c2c(O)c3ccccc3oc2=O)[nH]c2ccccc12)c1ccccc1. The largest absolute Gasteiger partial charge is 0.507 e. The molecule has 0 saturated heterocycles. The number of H-pyrrole nitrogens is 1. The summed E-state index contributed by atoms with van der Waals surface area (Å²) in [6, 6.07) is 25.8. The van der Waals surface area contributed by atoms with Crippen LogP contribution < -0.4 is 10.9 Å². The number of aromatic nitrogens is 1. The molecule has 0 saturated carbocycles. The molecule has 0 aliphatic carbocycles. The molecular weight excluding hydrogens is 538 g/mol. The molecule has 2 aromatic heterocycles. The fourth-order valence-corrected chi connectivity index (χ4v) is 5.49. The lowest BCUT2D eigenvalue weighted by Crippen LogP contribution is -2.24. The van der Waals surface area contributed by atoms with Crippen molar-refractivity contribution in [2.24, 2.45) is 0 Å². The van der Waals surface area contributed by atoms with Crippen molar-refractivity contribution in [3.05, 3.63) is 147 Å². The predicted octanol–water partition coefficient (Wildman–Crippen LogP) is 6.80. The van der Waals surface area contributed by atoms with Crippen LogP contribution in [0.25, 0.3) is 21.9 Å². The van der Waals surface area contributed by atoms with Gasteiger partial charge in [-0.15, -0.1) is 0 Å². The molecule has 6 aromatic rings. The summed E-state index contributed by atoms with van der Waals surface area (Å²) < 4.78 is 35.6. The number of benzene rings is 4. The molecule has 0 aliphatic heterocycles. The van der Waals surface area contributed by atoms with E-state index in [4.69, 9.17) is 4.42 Å². The highest BCUT2D eigenvalue weighted by molar-refractivity contribution is 5.94. The van der Waals surface area contributed by atoms with E-state index in [1.807, 2.05) is 30.3 Å². The van der Waals surface area contributed by atoms with Gasteiger partial charge in [-0.25, -0.2) is 13.6 Å². The molecule has 0 bridgehead atoms. The minimum absolute atomic E-state index is 0.127. The van der Waals surface area contributed by atoms with Gasteiger partial charge in [-0.3, -0.25) is 4.79 Å². The van der Waals surface area contributed by atoms with Crippen molar-refractivity contribution in [1.82, 2.24) is 10.3 Å². The Morgan fingerprint density at radius 1 is 0.905 bits per heavy atom. The van der Waals surface area contributed by atoms with Crippen LogP contribution in [0.3, 0.4) is 0 Å². The third-order valence-electron chi connectivity index (χ3n) is 7.44. The molecule has 3 N–H and O–H groups in total. The van der Waals surface area contributed by atoms with Gasteiger partial charge in [0.15, 0.2) is 0 Å². The molecule has 42 heavy (non-hydrogen) atoms. The number of hydrogen-bond donors (Lipinski definition) is 3. The van der Waals surface area contributed by atoms with Gasteiger partial charge in [-0.1, -0.05) is 48.5 Å². The highest BCUT2D eigenvalue weighted by Crippen LogP contribution is 2.42. The highest BCUT2D eigenvalue weighted by Gasteiger charge is 2.32. The number of aromatic amines is 1. The summed E-state index contributed by atoms with van der Waals surface area (Å²) in [6.45, 7) is 0.356. The molecule has 4 aromatic carbocycles. The summed E-state index contributed by atoms with van der Waals surface area (Å²) in [4.78, 5) is 29.3. The molecule has 1 atom stereocenters. The number of amides is 1. The number of hydrogen-bond acceptors (Lipinski definition) is 4. The molecule has 1 amide bonds. The van der Waals surface area contributed by atoms with Gasteiger partial charge in [0, 0.05) is 34.3 Å². The Morgan fingerprint density at radius 3 is 2.43 bits per heavy atom. The minimum atomic E-state index is -1.22. The maximum Gasteiger partial charge on any atom is 0.344 e. The molecule has 1 unspecified atom stereocenters. The average molecular weight is 565 g/mol. The van der Waals surface area contributed by atoms with E-state index in [0.717, 1.165) is 34.7 Å². The van der Waals surface area contributed by atoms with Crippen LogP contribution in [0.5, 0.6) is 5.75 Å². The summed E-state index contributed by atoms with van der Waals surface area (Å²) in [5.74, 6) is -3.22. The lowest BCUT2D eigenvalue weighted by atomic mass is 9.85. The second-order valence-electron chi connectivity index (χ2n) is 10.0. The molecule has 210 valence electrons. The van der Waals surface area contributed by atoms with Gasteiger partial charge >= 0.3 is 5.63 Å². The summed E-state index contributed by atoms with van der Waals surface area (Å²) in [5, 5.41) is 15.4. The third-order valence-corrected chi connectivity index (χ3v) is 7.44. The monoisotopic (exact) mass is 564 g/mol. The zero-order valence-corrected chi connectivity index (χ0v) is 22.4. The quantitative estimate of drug-likeness (QED) is 0.140. The topological polar surface area (TPSA) is 95.3 Å². The summed E-state index contributed by atoms with van der Waals surface area (Å²) in [7, 11) is 0. The van der Waals surface area contributed by atoms with E-state index in [1.165, 1.54) is 0 Å². The molecular formula is C34H26F2N2O4. The number of halogens is 2. The molecule has 0 fully saturated rings. The van der Waals surface area contributed by atoms with Crippen LogP contribution in [0.2, 0.25) is 0 Å². The van der Waals surface area contributed by atoms with Gasteiger partial charge < -0.3 is 19.8 Å². The van der Waals surface area contributed by atoms with E-state index in [0.29, 0.717) is 30.6 Å². The number of carbonyl (C=O) groups is 1. The first kappa shape index (κ1) is 27.0. The van der Waals surface area contributed by atoms with Gasteiger partial charge in [-0.2, -0.15) is 0 Å². The van der Waals surface area contributed by atoms with Crippen molar-refractivity contribution >= 4 is 27.8 Å². The Labute approximate surface area is 239 Å². The Bertz CT molecular complexity index is 1980. The van der Waals surface area contributed by atoms with Gasteiger partial charge in [0.2, 0.25) is 0 Å². The highest BCUT2D eigenvalue weighted by atomic mass is 19.1. The number of carbonyl (C=O) groups excluding carboxylic acids is 1. The molecule has 0 spiro atoms. The first-order chi connectivity index (χ1) is 20.4. The van der Waals surface area contributed by atoms with Crippen molar-refractivity contribution in [3.8, 4) is 5.75 Å². The van der Waals surface area contributed by atoms with E-state index in [2.05, 4.69) is 10.3 Å². The Hall–Kier alpha value is -5.24. The van der Waals surface area contributed by atoms with Gasteiger partial charge in [0.25, 0.3) is 5.91 Å². The number of nitrogens with one attached hydrogen (secondary N) is 2. The molecule has 2 heterocycles. The summed E-state index contributed by atoms with van der Waals surface area (Å²) in [5.41, 5.74) is 1.43. The van der Waals surface area contributed by atoms with Crippen molar-refractivity contribution < 1.29 is 23.1 Å². The Kier molecular flexibility index (Phi) is 7.27. The minimum Gasteiger partial charge on any atom is -0.507 e. The predicted molar refractivity (Wildman–Crippen MR) is 157 cm³/mol. The van der Waals surface area contributed by atoms with E-state index in [1.54, 1.807) is 48.5 Å². The summed E-state index contributed by atoms with van der Waals surface area (Å²) in [6.07, 6.45) is 0.950. The van der Waals surface area contributed by atoms with Crippen LogP contribution in [0.1, 0.15) is 45.1 Å². The number of rotatable bonds is 8.